The third-order valence-corrected chi connectivity index (χ3v) is 4.39. The minimum absolute atomic E-state index is 0.837. The molecular weight excluding hydrogens is 300 g/mol. The first kappa shape index (κ1) is 16.6. The summed E-state index contributed by atoms with van der Waals surface area (Å²) in [5, 5.41) is 3.41. The van der Waals surface area contributed by atoms with Crippen molar-refractivity contribution in [3.8, 4) is 5.75 Å². The van der Waals surface area contributed by atoms with E-state index in [2.05, 4.69) is 32.3 Å². The van der Waals surface area contributed by atoms with Gasteiger partial charge in [-0.15, -0.1) is 0 Å². The predicted molar refractivity (Wildman–Crippen MR) is 97.9 cm³/mol. The number of anilines is 2. The highest BCUT2D eigenvalue weighted by Gasteiger charge is 2.12. The first-order valence-electron chi connectivity index (χ1n) is 8.80. The Hall–Kier alpha value is -2.30. The van der Waals surface area contributed by atoms with Gasteiger partial charge in [-0.05, 0) is 43.0 Å². The quantitative estimate of drug-likeness (QED) is 0.880. The second-order valence-corrected chi connectivity index (χ2v) is 6.17. The molecule has 0 spiro atoms. The molecule has 1 aromatic heterocycles. The van der Waals surface area contributed by atoms with Gasteiger partial charge in [0.05, 0.1) is 7.11 Å². The van der Waals surface area contributed by atoms with Crippen LogP contribution in [0.15, 0.2) is 36.5 Å². The summed E-state index contributed by atoms with van der Waals surface area (Å²) in [6, 6.07) is 10.1. The van der Waals surface area contributed by atoms with Crippen molar-refractivity contribution in [2.45, 2.75) is 32.1 Å². The molecule has 1 N–H and O–H groups in total. The Morgan fingerprint density at radius 1 is 1.12 bits per heavy atom. The van der Waals surface area contributed by atoms with Crippen molar-refractivity contribution < 1.29 is 4.74 Å². The Labute approximate surface area is 144 Å². The van der Waals surface area contributed by atoms with E-state index in [1.54, 1.807) is 7.11 Å². The zero-order chi connectivity index (χ0) is 16.6. The van der Waals surface area contributed by atoms with E-state index in [0.29, 0.717) is 0 Å². The van der Waals surface area contributed by atoms with Crippen LogP contribution in [-0.4, -0.2) is 36.7 Å². The second-order valence-electron chi connectivity index (χ2n) is 6.17. The summed E-state index contributed by atoms with van der Waals surface area (Å²) < 4.78 is 5.27. The highest BCUT2D eigenvalue weighted by molar-refractivity contribution is 5.41. The topological polar surface area (TPSA) is 50.3 Å². The number of rotatable bonds is 6. The van der Waals surface area contributed by atoms with Gasteiger partial charge in [0.15, 0.2) is 0 Å². The molecule has 1 aromatic carbocycles. The minimum Gasteiger partial charge on any atom is -0.497 e. The highest BCUT2D eigenvalue weighted by Crippen LogP contribution is 2.17. The van der Waals surface area contributed by atoms with Crippen LogP contribution in [-0.2, 0) is 6.42 Å². The van der Waals surface area contributed by atoms with Crippen LogP contribution in [0.2, 0.25) is 0 Å². The van der Waals surface area contributed by atoms with Crippen molar-refractivity contribution in [1.29, 1.82) is 0 Å². The molecule has 2 heterocycles. The van der Waals surface area contributed by atoms with Gasteiger partial charge in [0, 0.05) is 25.8 Å². The van der Waals surface area contributed by atoms with Crippen molar-refractivity contribution in [3.63, 3.8) is 0 Å². The summed E-state index contributed by atoms with van der Waals surface area (Å²) in [5.41, 5.74) is 1.25. The van der Waals surface area contributed by atoms with Crippen LogP contribution in [0.5, 0.6) is 5.75 Å². The molecule has 0 unspecified atom stereocenters. The molecule has 5 nitrogen and oxygen atoms in total. The van der Waals surface area contributed by atoms with Crippen LogP contribution >= 0.6 is 0 Å². The fraction of sp³-hybridized carbons (Fsp3) is 0.474. The highest BCUT2D eigenvalue weighted by atomic mass is 16.5. The molecule has 0 atom stereocenters. The molecule has 0 amide bonds. The van der Waals surface area contributed by atoms with Crippen molar-refractivity contribution in [3.05, 3.63) is 42.1 Å². The summed E-state index contributed by atoms with van der Waals surface area (Å²) in [5.74, 6) is 2.65. The molecule has 0 radical (unpaired) electrons. The Kier molecular flexibility index (Phi) is 5.88. The Morgan fingerprint density at radius 2 is 1.96 bits per heavy atom. The van der Waals surface area contributed by atoms with Crippen LogP contribution in [0.25, 0.3) is 0 Å². The van der Waals surface area contributed by atoms with Gasteiger partial charge in [0.25, 0.3) is 0 Å². The Bertz CT molecular complexity index is 639. The van der Waals surface area contributed by atoms with Gasteiger partial charge >= 0.3 is 0 Å². The van der Waals surface area contributed by atoms with Crippen LogP contribution in [0.3, 0.4) is 0 Å². The zero-order valence-corrected chi connectivity index (χ0v) is 14.4. The first-order chi connectivity index (χ1) is 11.8. The molecule has 0 saturated carbocycles. The summed E-state index contributed by atoms with van der Waals surface area (Å²) in [4.78, 5) is 11.4. The summed E-state index contributed by atoms with van der Waals surface area (Å²) in [7, 11) is 1.70. The molecule has 2 aromatic rings. The van der Waals surface area contributed by atoms with Gasteiger partial charge in [-0.2, -0.15) is 4.98 Å². The number of hydrogen-bond acceptors (Lipinski definition) is 5. The lowest BCUT2D eigenvalue weighted by molar-refractivity contribution is 0.414. The SMILES string of the molecule is COc1cccc(CCNc2ccnc(N3CCCCCC3)n2)c1. The third-order valence-electron chi connectivity index (χ3n) is 4.39. The lowest BCUT2D eigenvalue weighted by atomic mass is 10.1. The molecule has 0 bridgehead atoms. The van der Waals surface area contributed by atoms with E-state index in [0.717, 1.165) is 43.6 Å². The standard InChI is InChI=1S/C19H26N4O/c1-24-17-8-6-7-16(15-17)9-11-20-18-10-12-21-19(22-18)23-13-4-2-3-5-14-23/h6-8,10,12,15H,2-5,9,11,13-14H2,1H3,(H,20,21,22). The number of benzene rings is 1. The molecule has 1 aliphatic rings. The van der Waals surface area contributed by atoms with Crippen LogP contribution in [0, 0.1) is 0 Å². The second kappa shape index (κ2) is 8.52. The number of methoxy groups -OCH3 is 1. The number of ether oxygens (including phenoxy) is 1. The van der Waals surface area contributed by atoms with Crippen molar-refractivity contribution in [1.82, 2.24) is 9.97 Å². The molecule has 5 heteroatoms. The van der Waals surface area contributed by atoms with Gasteiger partial charge in [-0.25, -0.2) is 4.98 Å². The minimum atomic E-state index is 0.837. The molecular formula is C19H26N4O. The predicted octanol–water partition coefficient (Wildman–Crippen LogP) is 3.52. The van der Waals surface area contributed by atoms with E-state index in [9.17, 15) is 0 Å². The maximum atomic E-state index is 5.27. The van der Waals surface area contributed by atoms with E-state index in [1.807, 2.05) is 24.4 Å². The maximum absolute atomic E-state index is 5.27. The van der Waals surface area contributed by atoms with Gasteiger partial charge in [-0.1, -0.05) is 25.0 Å². The van der Waals surface area contributed by atoms with Crippen LogP contribution < -0.4 is 15.0 Å². The molecule has 24 heavy (non-hydrogen) atoms. The van der Waals surface area contributed by atoms with Crippen molar-refractivity contribution in [2.24, 2.45) is 0 Å². The molecule has 3 rings (SSSR count). The summed E-state index contributed by atoms with van der Waals surface area (Å²) in [6.07, 6.45) is 7.87. The third kappa shape index (κ3) is 4.60. The fourth-order valence-electron chi connectivity index (χ4n) is 3.03. The normalized spacial score (nSPS) is 15.0. The van der Waals surface area contributed by atoms with E-state index >= 15 is 0 Å². The van der Waals surface area contributed by atoms with Crippen LogP contribution in [0.4, 0.5) is 11.8 Å². The maximum Gasteiger partial charge on any atom is 0.227 e. The Balaban J connectivity index is 1.56. The first-order valence-corrected chi connectivity index (χ1v) is 8.80. The van der Waals surface area contributed by atoms with Crippen molar-refractivity contribution in [2.75, 3.05) is 37.0 Å². The number of aromatic nitrogens is 2. The Morgan fingerprint density at radius 3 is 2.75 bits per heavy atom. The zero-order valence-electron chi connectivity index (χ0n) is 14.4. The lowest BCUT2D eigenvalue weighted by Crippen LogP contribution is -2.26. The van der Waals surface area contributed by atoms with E-state index in [-0.39, 0.29) is 0 Å². The largest absolute Gasteiger partial charge is 0.497 e. The van der Waals surface area contributed by atoms with Gasteiger partial charge in [0.1, 0.15) is 11.6 Å². The average Bonchev–Trinajstić information content (AvgIpc) is 2.92. The summed E-state index contributed by atoms with van der Waals surface area (Å²) in [6.45, 7) is 2.96. The smallest absolute Gasteiger partial charge is 0.227 e. The number of hydrogen-bond donors (Lipinski definition) is 1. The fourth-order valence-corrected chi connectivity index (χ4v) is 3.03. The van der Waals surface area contributed by atoms with Gasteiger partial charge in [0.2, 0.25) is 5.95 Å². The van der Waals surface area contributed by atoms with Gasteiger partial charge < -0.3 is 15.0 Å². The monoisotopic (exact) mass is 326 g/mol. The molecule has 1 aliphatic heterocycles. The van der Waals surface area contributed by atoms with E-state index in [4.69, 9.17) is 4.74 Å². The molecule has 1 fully saturated rings. The van der Waals surface area contributed by atoms with Crippen LogP contribution in [0.1, 0.15) is 31.2 Å². The lowest BCUT2D eigenvalue weighted by Gasteiger charge is -2.20. The van der Waals surface area contributed by atoms with E-state index < -0.39 is 0 Å². The average molecular weight is 326 g/mol. The molecule has 128 valence electrons. The van der Waals surface area contributed by atoms with Gasteiger partial charge in [-0.3, -0.25) is 0 Å². The molecule has 0 aliphatic carbocycles. The number of nitrogens with zero attached hydrogens (tertiary/aromatic N) is 3. The van der Waals surface area contributed by atoms with E-state index in [1.165, 1.54) is 31.2 Å². The van der Waals surface area contributed by atoms with Crippen molar-refractivity contribution >= 4 is 11.8 Å². The summed E-state index contributed by atoms with van der Waals surface area (Å²) >= 11 is 0. The number of nitrogens with one attached hydrogen (secondary N) is 1. The molecule has 1 saturated heterocycles.